The lowest BCUT2D eigenvalue weighted by atomic mass is 10.2. The third-order valence-electron chi connectivity index (χ3n) is 2.11. The zero-order chi connectivity index (χ0) is 12.3. The average Bonchev–Trinajstić information content (AvgIpc) is 2.27. The Morgan fingerprint density at radius 3 is 2.12 bits per heavy atom. The minimum Gasteiger partial charge on any atom is -0.493 e. The number of ether oxygens (including phenoxy) is 2. The summed E-state index contributed by atoms with van der Waals surface area (Å²) in [6.45, 7) is 0. The van der Waals surface area contributed by atoms with Gasteiger partial charge < -0.3 is 14.4 Å². The number of rotatable bonds is 3. The quantitative estimate of drug-likeness (QED) is 0.794. The molecule has 16 heavy (non-hydrogen) atoms. The summed E-state index contributed by atoms with van der Waals surface area (Å²) in [7, 11) is 6.56. The van der Waals surface area contributed by atoms with Crippen molar-refractivity contribution in [3.05, 3.63) is 21.3 Å². The molecular formula is C11H14INO3. The van der Waals surface area contributed by atoms with E-state index in [2.05, 4.69) is 22.6 Å². The minimum atomic E-state index is -0.0506. The molecule has 0 unspecified atom stereocenters. The lowest BCUT2D eigenvalue weighted by Crippen LogP contribution is -2.22. The summed E-state index contributed by atoms with van der Waals surface area (Å²) < 4.78 is 11.2. The molecular weight excluding hydrogens is 321 g/mol. The maximum absolute atomic E-state index is 11.9. The van der Waals surface area contributed by atoms with Crippen LogP contribution in [0.5, 0.6) is 11.5 Å². The molecule has 0 atom stereocenters. The monoisotopic (exact) mass is 335 g/mol. The molecule has 88 valence electrons. The minimum absolute atomic E-state index is 0.0506. The van der Waals surface area contributed by atoms with Crippen LogP contribution >= 0.6 is 22.6 Å². The Hall–Kier alpha value is -0.980. The fourth-order valence-corrected chi connectivity index (χ4v) is 1.93. The molecule has 1 amide bonds. The van der Waals surface area contributed by atoms with Crippen LogP contribution < -0.4 is 9.47 Å². The van der Waals surface area contributed by atoms with Crippen LogP contribution in [0.2, 0.25) is 0 Å². The maximum atomic E-state index is 11.9. The standard InChI is InChI=1S/C11H14INO3/c1-13(2)11(14)7-5-9(15-3)10(16-4)6-8(7)12/h5-6H,1-4H3. The van der Waals surface area contributed by atoms with Crippen molar-refractivity contribution in [2.75, 3.05) is 28.3 Å². The second-order valence-corrected chi connectivity index (χ2v) is 4.55. The predicted octanol–water partition coefficient (Wildman–Crippen LogP) is 2.01. The van der Waals surface area contributed by atoms with Crippen molar-refractivity contribution in [3.63, 3.8) is 0 Å². The van der Waals surface area contributed by atoms with Crippen molar-refractivity contribution in [2.45, 2.75) is 0 Å². The van der Waals surface area contributed by atoms with Crippen LogP contribution in [0.1, 0.15) is 10.4 Å². The van der Waals surface area contributed by atoms with Crippen LogP contribution in [-0.2, 0) is 0 Å². The number of carbonyl (C=O) groups is 1. The summed E-state index contributed by atoms with van der Waals surface area (Å²) in [5, 5.41) is 0. The van der Waals surface area contributed by atoms with Crippen molar-refractivity contribution in [1.29, 1.82) is 0 Å². The molecule has 1 rings (SSSR count). The van der Waals surface area contributed by atoms with E-state index < -0.39 is 0 Å². The smallest absolute Gasteiger partial charge is 0.254 e. The summed E-state index contributed by atoms with van der Waals surface area (Å²) in [6, 6.07) is 3.49. The fourth-order valence-electron chi connectivity index (χ4n) is 1.26. The van der Waals surface area contributed by atoms with Gasteiger partial charge >= 0.3 is 0 Å². The fraction of sp³-hybridized carbons (Fsp3) is 0.364. The van der Waals surface area contributed by atoms with Crippen LogP contribution in [0.4, 0.5) is 0 Å². The molecule has 5 heteroatoms. The Morgan fingerprint density at radius 1 is 1.19 bits per heavy atom. The Bertz CT molecular complexity index is 404. The van der Waals surface area contributed by atoms with E-state index in [-0.39, 0.29) is 5.91 Å². The first-order valence-electron chi connectivity index (χ1n) is 4.64. The van der Waals surface area contributed by atoms with Gasteiger partial charge in [-0.05, 0) is 34.7 Å². The first-order chi connectivity index (χ1) is 7.51. The summed E-state index contributed by atoms with van der Waals surface area (Å²) in [5.74, 6) is 1.14. The van der Waals surface area contributed by atoms with Gasteiger partial charge in [0.05, 0.1) is 19.8 Å². The summed E-state index contributed by atoms with van der Waals surface area (Å²) >= 11 is 2.11. The first kappa shape index (κ1) is 13.1. The van der Waals surface area contributed by atoms with Gasteiger partial charge in [0.1, 0.15) is 0 Å². The van der Waals surface area contributed by atoms with Crippen molar-refractivity contribution >= 4 is 28.5 Å². The van der Waals surface area contributed by atoms with E-state index in [9.17, 15) is 4.79 Å². The second-order valence-electron chi connectivity index (χ2n) is 3.39. The van der Waals surface area contributed by atoms with E-state index >= 15 is 0 Å². The SMILES string of the molecule is COc1cc(I)c(C(=O)N(C)C)cc1OC. The van der Waals surface area contributed by atoms with Gasteiger partial charge in [-0.3, -0.25) is 4.79 Å². The van der Waals surface area contributed by atoms with Gasteiger partial charge in [-0.15, -0.1) is 0 Å². The van der Waals surface area contributed by atoms with E-state index in [1.807, 2.05) is 0 Å². The van der Waals surface area contributed by atoms with Gasteiger partial charge in [-0.1, -0.05) is 0 Å². The zero-order valence-corrected chi connectivity index (χ0v) is 11.9. The van der Waals surface area contributed by atoms with E-state index in [0.717, 1.165) is 3.57 Å². The van der Waals surface area contributed by atoms with Crippen LogP contribution in [0.3, 0.4) is 0 Å². The van der Waals surface area contributed by atoms with Gasteiger partial charge in [-0.2, -0.15) is 0 Å². The van der Waals surface area contributed by atoms with Gasteiger partial charge in [-0.25, -0.2) is 0 Å². The number of nitrogens with zero attached hydrogens (tertiary/aromatic N) is 1. The number of hydrogen-bond acceptors (Lipinski definition) is 3. The van der Waals surface area contributed by atoms with Gasteiger partial charge in [0.2, 0.25) is 0 Å². The highest BCUT2D eigenvalue weighted by molar-refractivity contribution is 14.1. The average molecular weight is 335 g/mol. The molecule has 0 aliphatic carbocycles. The number of methoxy groups -OCH3 is 2. The largest absolute Gasteiger partial charge is 0.493 e. The van der Waals surface area contributed by atoms with E-state index in [1.165, 1.54) is 4.90 Å². The van der Waals surface area contributed by atoms with Crippen molar-refractivity contribution in [3.8, 4) is 11.5 Å². The third kappa shape index (κ3) is 2.58. The van der Waals surface area contributed by atoms with Crippen molar-refractivity contribution in [2.24, 2.45) is 0 Å². The Morgan fingerprint density at radius 2 is 1.69 bits per heavy atom. The Labute approximate surface area is 109 Å². The molecule has 0 radical (unpaired) electrons. The van der Waals surface area contributed by atoms with Gasteiger partial charge in [0, 0.05) is 17.7 Å². The lowest BCUT2D eigenvalue weighted by molar-refractivity contribution is 0.0826. The molecule has 0 bridgehead atoms. The van der Waals surface area contributed by atoms with E-state index in [0.29, 0.717) is 17.1 Å². The number of hydrogen-bond donors (Lipinski definition) is 0. The molecule has 0 saturated carbocycles. The third-order valence-corrected chi connectivity index (χ3v) is 3.00. The molecule has 4 nitrogen and oxygen atoms in total. The van der Waals surface area contributed by atoms with Gasteiger partial charge in [0.25, 0.3) is 5.91 Å². The highest BCUT2D eigenvalue weighted by Crippen LogP contribution is 2.31. The van der Waals surface area contributed by atoms with E-state index in [1.54, 1.807) is 40.4 Å². The highest BCUT2D eigenvalue weighted by Gasteiger charge is 2.16. The molecule has 0 aliphatic heterocycles. The first-order valence-corrected chi connectivity index (χ1v) is 5.72. The van der Waals surface area contributed by atoms with Crippen LogP contribution in [0, 0.1) is 3.57 Å². The number of carbonyl (C=O) groups excluding carboxylic acids is 1. The molecule has 0 heterocycles. The molecule has 0 aromatic heterocycles. The number of benzene rings is 1. The van der Waals surface area contributed by atoms with Crippen LogP contribution in [0.25, 0.3) is 0 Å². The molecule has 0 aliphatic rings. The summed E-state index contributed by atoms with van der Waals surface area (Å²) in [5.41, 5.74) is 0.614. The second kappa shape index (κ2) is 5.38. The van der Waals surface area contributed by atoms with E-state index in [4.69, 9.17) is 9.47 Å². The molecule has 0 spiro atoms. The Kier molecular flexibility index (Phi) is 4.40. The summed E-state index contributed by atoms with van der Waals surface area (Å²) in [4.78, 5) is 13.4. The molecule has 0 N–H and O–H groups in total. The normalized spacial score (nSPS) is 9.81. The molecule has 1 aromatic rings. The van der Waals surface area contributed by atoms with Crippen LogP contribution in [-0.4, -0.2) is 39.1 Å². The van der Waals surface area contributed by atoms with Crippen LogP contribution in [0.15, 0.2) is 12.1 Å². The van der Waals surface area contributed by atoms with Crippen molar-refractivity contribution < 1.29 is 14.3 Å². The maximum Gasteiger partial charge on any atom is 0.254 e. The van der Waals surface area contributed by atoms with Gasteiger partial charge in [0.15, 0.2) is 11.5 Å². The highest BCUT2D eigenvalue weighted by atomic mass is 127. The summed E-state index contributed by atoms with van der Waals surface area (Å²) in [6.07, 6.45) is 0. The lowest BCUT2D eigenvalue weighted by Gasteiger charge is -2.14. The molecule has 0 saturated heterocycles. The number of amides is 1. The molecule has 1 aromatic carbocycles. The predicted molar refractivity (Wildman–Crippen MR) is 70.3 cm³/mol. The molecule has 0 fully saturated rings. The Balaban J connectivity index is 3.26. The number of halogens is 1. The topological polar surface area (TPSA) is 38.8 Å². The van der Waals surface area contributed by atoms with Crippen molar-refractivity contribution in [1.82, 2.24) is 4.90 Å². The zero-order valence-electron chi connectivity index (χ0n) is 9.70.